The Kier molecular flexibility index (Phi) is 1.12. The molecule has 1 unspecified atom stereocenters. The minimum Gasteiger partial charge on any atom is -0.466 e. The second-order valence-electron chi connectivity index (χ2n) is 1.98. The van der Waals surface area contributed by atoms with Crippen LogP contribution in [0.4, 0.5) is 0 Å². The van der Waals surface area contributed by atoms with Gasteiger partial charge in [0.2, 0.25) is 0 Å². The molecule has 0 amide bonds. The lowest BCUT2D eigenvalue weighted by molar-refractivity contribution is 0.148. The lowest BCUT2D eigenvalue weighted by atomic mass is 10.0. The normalized spacial score (nSPS) is 32.0. The summed E-state index contributed by atoms with van der Waals surface area (Å²) in [7, 11) is 0. The van der Waals surface area contributed by atoms with Gasteiger partial charge < -0.3 is 4.74 Å². The molecule has 0 spiro atoms. The Hall–Kier alpha value is -0.720. The van der Waals surface area contributed by atoms with Gasteiger partial charge >= 0.3 is 0 Å². The van der Waals surface area contributed by atoms with E-state index in [4.69, 9.17) is 4.74 Å². The number of ether oxygens (including phenoxy) is 1. The fourth-order valence-electron chi connectivity index (χ4n) is 0.738. The summed E-state index contributed by atoms with van der Waals surface area (Å²) in [5, 5.41) is 0. The first-order valence-electron chi connectivity index (χ1n) is 2.78. The smallest absolute Gasteiger partial charge is 0.110 e. The molecule has 8 heavy (non-hydrogen) atoms. The van der Waals surface area contributed by atoms with Crippen LogP contribution in [0.3, 0.4) is 0 Å². The molecule has 1 heterocycles. The third kappa shape index (κ3) is 0.548. The van der Waals surface area contributed by atoms with Crippen molar-refractivity contribution in [3.63, 3.8) is 0 Å². The lowest BCUT2D eigenvalue weighted by Gasteiger charge is -2.29. The van der Waals surface area contributed by atoms with Gasteiger partial charge in [-0.1, -0.05) is 6.58 Å². The van der Waals surface area contributed by atoms with Gasteiger partial charge in [-0.05, 0) is 19.9 Å². The SMILES string of the molecule is C=C1OC(=CC)C1C. The van der Waals surface area contributed by atoms with Crippen LogP contribution in [0.25, 0.3) is 0 Å². The van der Waals surface area contributed by atoms with Crippen molar-refractivity contribution in [1.29, 1.82) is 0 Å². The molecule has 1 heteroatoms. The minimum atomic E-state index is 0.458. The topological polar surface area (TPSA) is 9.23 Å². The van der Waals surface area contributed by atoms with E-state index in [9.17, 15) is 0 Å². The molecule has 1 aliphatic rings. The summed E-state index contributed by atoms with van der Waals surface area (Å²) in [5.41, 5.74) is 0. The highest BCUT2D eigenvalue weighted by molar-refractivity contribution is 5.19. The van der Waals surface area contributed by atoms with E-state index in [2.05, 4.69) is 13.5 Å². The maximum atomic E-state index is 5.07. The Labute approximate surface area is 49.7 Å². The summed E-state index contributed by atoms with van der Waals surface area (Å²) in [6.45, 7) is 7.73. The molecule has 44 valence electrons. The second kappa shape index (κ2) is 1.66. The van der Waals surface area contributed by atoms with Crippen LogP contribution >= 0.6 is 0 Å². The summed E-state index contributed by atoms with van der Waals surface area (Å²) in [6, 6.07) is 0. The molecule has 1 saturated heterocycles. The molecule has 0 N–H and O–H groups in total. The summed E-state index contributed by atoms with van der Waals surface area (Å²) >= 11 is 0. The molecular weight excluding hydrogens is 100 g/mol. The van der Waals surface area contributed by atoms with Crippen LogP contribution in [0.1, 0.15) is 13.8 Å². The van der Waals surface area contributed by atoms with E-state index in [0.717, 1.165) is 11.5 Å². The van der Waals surface area contributed by atoms with Crippen molar-refractivity contribution in [2.24, 2.45) is 5.92 Å². The van der Waals surface area contributed by atoms with Crippen LogP contribution in [0.15, 0.2) is 24.2 Å². The number of allylic oxidation sites excluding steroid dienone is 1. The number of rotatable bonds is 0. The quantitative estimate of drug-likeness (QED) is 0.464. The highest BCUT2D eigenvalue weighted by atomic mass is 16.5. The molecule has 0 aromatic heterocycles. The average molecular weight is 110 g/mol. The van der Waals surface area contributed by atoms with E-state index in [0.29, 0.717) is 5.92 Å². The van der Waals surface area contributed by atoms with Crippen molar-refractivity contribution in [3.8, 4) is 0 Å². The maximum absolute atomic E-state index is 5.07. The second-order valence-corrected chi connectivity index (χ2v) is 1.98. The number of hydrogen-bond acceptors (Lipinski definition) is 1. The van der Waals surface area contributed by atoms with Gasteiger partial charge in [-0.2, -0.15) is 0 Å². The molecular formula is C7H10O. The lowest BCUT2D eigenvalue weighted by Crippen LogP contribution is -2.18. The van der Waals surface area contributed by atoms with Crippen molar-refractivity contribution >= 4 is 0 Å². The standard InChI is InChI=1S/C7H10O/c1-4-7-5(2)6(3)8-7/h4-5H,3H2,1-2H3. The molecule has 1 atom stereocenters. The van der Waals surface area contributed by atoms with Crippen molar-refractivity contribution in [2.75, 3.05) is 0 Å². The molecule has 0 saturated carbocycles. The summed E-state index contributed by atoms with van der Waals surface area (Å²) < 4.78 is 5.07. The highest BCUT2D eigenvalue weighted by Crippen LogP contribution is 2.33. The fraction of sp³-hybridized carbons (Fsp3) is 0.429. The van der Waals surface area contributed by atoms with Crippen LogP contribution in [-0.2, 0) is 4.74 Å². The molecule has 0 radical (unpaired) electrons. The fourth-order valence-corrected chi connectivity index (χ4v) is 0.738. The van der Waals surface area contributed by atoms with Crippen molar-refractivity contribution < 1.29 is 4.74 Å². The van der Waals surface area contributed by atoms with E-state index in [1.165, 1.54) is 0 Å². The predicted molar refractivity (Wildman–Crippen MR) is 33.1 cm³/mol. The van der Waals surface area contributed by atoms with Gasteiger partial charge in [-0.3, -0.25) is 0 Å². The van der Waals surface area contributed by atoms with Gasteiger partial charge in [-0.15, -0.1) is 0 Å². The summed E-state index contributed by atoms with van der Waals surface area (Å²) in [6.07, 6.45) is 1.97. The predicted octanol–water partition coefficient (Wildman–Crippen LogP) is 2.07. The van der Waals surface area contributed by atoms with E-state index in [1.807, 2.05) is 13.0 Å². The molecule has 0 aromatic carbocycles. The third-order valence-corrected chi connectivity index (χ3v) is 1.44. The van der Waals surface area contributed by atoms with E-state index in [-0.39, 0.29) is 0 Å². The van der Waals surface area contributed by atoms with Crippen molar-refractivity contribution in [2.45, 2.75) is 13.8 Å². The summed E-state index contributed by atoms with van der Waals surface area (Å²) in [5.74, 6) is 2.40. The van der Waals surface area contributed by atoms with Crippen molar-refractivity contribution in [1.82, 2.24) is 0 Å². The first-order chi connectivity index (χ1) is 3.75. The Morgan fingerprint density at radius 3 is 2.50 bits per heavy atom. The van der Waals surface area contributed by atoms with Gasteiger partial charge in [0.15, 0.2) is 0 Å². The van der Waals surface area contributed by atoms with Crippen LogP contribution in [-0.4, -0.2) is 0 Å². The van der Waals surface area contributed by atoms with Gasteiger partial charge in [0.25, 0.3) is 0 Å². The Morgan fingerprint density at radius 2 is 2.38 bits per heavy atom. The average Bonchev–Trinajstić information content (AvgIpc) is 1.81. The van der Waals surface area contributed by atoms with Crippen LogP contribution in [0.5, 0.6) is 0 Å². The maximum Gasteiger partial charge on any atom is 0.110 e. The van der Waals surface area contributed by atoms with E-state index >= 15 is 0 Å². The van der Waals surface area contributed by atoms with Crippen LogP contribution in [0.2, 0.25) is 0 Å². The minimum absolute atomic E-state index is 0.458. The van der Waals surface area contributed by atoms with Crippen molar-refractivity contribution in [3.05, 3.63) is 24.2 Å². The third-order valence-electron chi connectivity index (χ3n) is 1.44. The van der Waals surface area contributed by atoms with E-state index < -0.39 is 0 Å². The molecule has 0 bridgehead atoms. The zero-order valence-electron chi connectivity index (χ0n) is 5.27. The first-order valence-corrected chi connectivity index (χ1v) is 2.78. The molecule has 0 aromatic rings. The largest absolute Gasteiger partial charge is 0.466 e. The molecule has 1 rings (SSSR count). The Balaban J connectivity index is 2.60. The summed E-state index contributed by atoms with van der Waals surface area (Å²) in [4.78, 5) is 0. The van der Waals surface area contributed by atoms with Gasteiger partial charge in [0.05, 0.1) is 5.92 Å². The Morgan fingerprint density at radius 1 is 1.75 bits per heavy atom. The first kappa shape index (κ1) is 5.42. The number of hydrogen-bond donors (Lipinski definition) is 0. The monoisotopic (exact) mass is 110 g/mol. The van der Waals surface area contributed by atoms with Gasteiger partial charge in [0.1, 0.15) is 11.5 Å². The highest BCUT2D eigenvalue weighted by Gasteiger charge is 2.25. The zero-order valence-corrected chi connectivity index (χ0v) is 5.27. The van der Waals surface area contributed by atoms with Gasteiger partial charge in [-0.25, -0.2) is 0 Å². The molecule has 1 fully saturated rings. The Bertz CT molecular complexity index is 144. The van der Waals surface area contributed by atoms with Gasteiger partial charge in [0, 0.05) is 0 Å². The van der Waals surface area contributed by atoms with Crippen LogP contribution < -0.4 is 0 Å². The zero-order chi connectivity index (χ0) is 6.15. The molecule has 0 aliphatic carbocycles. The molecule has 1 aliphatic heterocycles. The van der Waals surface area contributed by atoms with Crippen LogP contribution in [0, 0.1) is 5.92 Å². The van der Waals surface area contributed by atoms with E-state index in [1.54, 1.807) is 0 Å². The molecule has 1 nitrogen and oxygen atoms in total.